The van der Waals surface area contributed by atoms with Crippen LogP contribution in [0.15, 0.2) is 54.0 Å². The quantitative estimate of drug-likeness (QED) is 0.326. The zero-order valence-electron chi connectivity index (χ0n) is 20.5. The van der Waals surface area contributed by atoms with E-state index in [0.717, 1.165) is 22.4 Å². The summed E-state index contributed by atoms with van der Waals surface area (Å²) in [6.45, 7) is 5.47. The summed E-state index contributed by atoms with van der Waals surface area (Å²) in [7, 11) is 0. The second kappa shape index (κ2) is 10.8. The van der Waals surface area contributed by atoms with Gasteiger partial charge in [-0.15, -0.1) is 10.2 Å². The summed E-state index contributed by atoms with van der Waals surface area (Å²) in [5.41, 5.74) is 2.52. The standard InChI is InChI=1S/C25H26FN7O3S/c1-25(2,3)21(23(36)27-12-19(34)29-24-31-28-14-37-24)30-22(35)20-17-6-4-5-7-18(17)33(32-20)13-15-8-10-16(26)11-9-15/h4-11,14,21H,12-13H2,1-3H3,(H,27,36)(H,30,35)(H,29,31,34)/t21-/m1/s1. The third-order valence-corrected chi connectivity index (χ3v) is 6.16. The zero-order chi connectivity index (χ0) is 26.6. The topological polar surface area (TPSA) is 131 Å². The van der Waals surface area contributed by atoms with Gasteiger partial charge in [-0.25, -0.2) is 4.39 Å². The molecule has 2 aromatic heterocycles. The highest BCUT2D eigenvalue weighted by Gasteiger charge is 2.34. The largest absolute Gasteiger partial charge is 0.345 e. The molecule has 0 spiro atoms. The summed E-state index contributed by atoms with van der Waals surface area (Å²) < 4.78 is 15.0. The van der Waals surface area contributed by atoms with Crippen molar-refractivity contribution in [1.29, 1.82) is 0 Å². The number of hydrogen-bond donors (Lipinski definition) is 3. The van der Waals surface area contributed by atoms with E-state index in [1.165, 1.54) is 17.6 Å². The molecule has 0 unspecified atom stereocenters. The number of rotatable bonds is 8. The Morgan fingerprint density at radius 1 is 1.08 bits per heavy atom. The Kier molecular flexibility index (Phi) is 7.58. The van der Waals surface area contributed by atoms with Crippen molar-refractivity contribution in [2.24, 2.45) is 5.41 Å². The van der Waals surface area contributed by atoms with E-state index < -0.39 is 29.2 Å². The van der Waals surface area contributed by atoms with Crippen LogP contribution in [0.4, 0.5) is 9.52 Å². The summed E-state index contributed by atoms with van der Waals surface area (Å²) >= 11 is 1.16. The molecular formula is C25H26FN7O3S. The summed E-state index contributed by atoms with van der Waals surface area (Å²) in [5.74, 6) is -1.83. The van der Waals surface area contributed by atoms with Gasteiger partial charge >= 0.3 is 0 Å². The first-order chi connectivity index (χ1) is 17.6. The fourth-order valence-corrected chi connectivity index (χ4v) is 4.17. The molecule has 0 aliphatic carbocycles. The molecule has 192 valence electrons. The molecule has 1 atom stereocenters. The molecule has 12 heteroatoms. The molecule has 0 aliphatic heterocycles. The van der Waals surface area contributed by atoms with Crippen LogP contribution in [-0.2, 0) is 16.1 Å². The number of benzene rings is 2. The molecule has 0 saturated heterocycles. The molecule has 4 rings (SSSR count). The maximum Gasteiger partial charge on any atom is 0.273 e. The van der Waals surface area contributed by atoms with Crippen LogP contribution >= 0.6 is 11.3 Å². The molecule has 0 radical (unpaired) electrons. The third-order valence-electron chi connectivity index (χ3n) is 5.55. The Balaban J connectivity index is 1.51. The molecule has 2 aromatic carbocycles. The van der Waals surface area contributed by atoms with E-state index in [4.69, 9.17) is 0 Å². The minimum atomic E-state index is -0.949. The van der Waals surface area contributed by atoms with Gasteiger partial charge in [-0.05, 0) is 29.2 Å². The zero-order valence-corrected chi connectivity index (χ0v) is 21.3. The minimum Gasteiger partial charge on any atom is -0.345 e. The van der Waals surface area contributed by atoms with Gasteiger partial charge in [0.05, 0.1) is 18.6 Å². The number of hydrogen-bond acceptors (Lipinski definition) is 7. The maximum absolute atomic E-state index is 13.4. The molecular weight excluding hydrogens is 497 g/mol. The number of nitrogens with zero attached hydrogens (tertiary/aromatic N) is 4. The Labute approximate surface area is 216 Å². The molecule has 0 saturated carbocycles. The summed E-state index contributed by atoms with van der Waals surface area (Å²) in [6.07, 6.45) is 0. The van der Waals surface area contributed by atoms with Gasteiger partial charge in [0.2, 0.25) is 16.9 Å². The molecule has 10 nitrogen and oxygen atoms in total. The van der Waals surface area contributed by atoms with Crippen molar-refractivity contribution in [3.8, 4) is 0 Å². The van der Waals surface area contributed by atoms with E-state index in [1.807, 2.05) is 32.9 Å². The van der Waals surface area contributed by atoms with Gasteiger partial charge in [-0.1, -0.05) is 62.4 Å². The van der Waals surface area contributed by atoms with E-state index >= 15 is 0 Å². The van der Waals surface area contributed by atoms with E-state index in [0.29, 0.717) is 17.1 Å². The lowest BCUT2D eigenvalue weighted by atomic mass is 9.86. The first-order valence-corrected chi connectivity index (χ1v) is 12.3. The smallest absolute Gasteiger partial charge is 0.273 e. The number of amides is 3. The second-order valence-corrected chi connectivity index (χ2v) is 10.3. The number of carbonyl (C=O) groups is 3. The van der Waals surface area contributed by atoms with Gasteiger partial charge < -0.3 is 10.6 Å². The fraction of sp³-hybridized carbons (Fsp3) is 0.280. The monoisotopic (exact) mass is 523 g/mol. The number of carbonyl (C=O) groups excluding carboxylic acids is 3. The van der Waals surface area contributed by atoms with Crippen molar-refractivity contribution in [2.75, 3.05) is 11.9 Å². The SMILES string of the molecule is CC(C)(C)[C@H](NC(=O)c1nn(Cc2ccc(F)cc2)c2ccccc12)C(=O)NCC(=O)Nc1nncs1. The number of para-hydroxylation sites is 1. The number of anilines is 1. The van der Waals surface area contributed by atoms with Crippen LogP contribution in [0, 0.1) is 11.2 Å². The van der Waals surface area contributed by atoms with Crippen LogP contribution in [-0.4, -0.2) is 50.3 Å². The second-order valence-electron chi connectivity index (χ2n) is 9.43. The Morgan fingerprint density at radius 2 is 1.81 bits per heavy atom. The Hall–Kier alpha value is -4.19. The van der Waals surface area contributed by atoms with Crippen molar-refractivity contribution < 1.29 is 18.8 Å². The molecule has 3 N–H and O–H groups in total. The van der Waals surface area contributed by atoms with Gasteiger partial charge in [0.15, 0.2) is 5.69 Å². The van der Waals surface area contributed by atoms with Crippen molar-refractivity contribution in [3.05, 3.63) is 71.1 Å². The van der Waals surface area contributed by atoms with Crippen LogP contribution in [0.2, 0.25) is 0 Å². The van der Waals surface area contributed by atoms with Gasteiger partial charge in [0.25, 0.3) is 5.91 Å². The predicted molar refractivity (Wildman–Crippen MR) is 137 cm³/mol. The van der Waals surface area contributed by atoms with Gasteiger partial charge in [-0.2, -0.15) is 5.10 Å². The number of halogens is 1. The fourth-order valence-electron chi connectivity index (χ4n) is 3.71. The summed E-state index contributed by atoms with van der Waals surface area (Å²) in [5, 5.41) is 20.7. The van der Waals surface area contributed by atoms with E-state index in [1.54, 1.807) is 28.9 Å². The van der Waals surface area contributed by atoms with Crippen LogP contribution in [0.1, 0.15) is 36.8 Å². The normalized spacial score (nSPS) is 12.2. The lowest BCUT2D eigenvalue weighted by Gasteiger charge is -2.30. The third kappa shape index (κ3) is 6.33. The van der Waals surface area contributed by atoms with Crippen LogP contribution in [0.5, 0.6) is 0 Å². The van der Waals surface area contributed by atoms with E-state index in [-0.39, 0.29) is 18.1 Å². The first kappa shape index (κ1) is 25.9. The Morgan fingerprint density at radius 3 is 2.49 bits per heavy atom. The van der Waals surface area contributed by atoms with Gasteiger partial charge in [0.1, 0.15) is 17.4 Å². The van der Waals surface area contributed by atoms with E-state index in [9.17, 15) is 18.8 Å². The molecule has 3 amide bonds. The highest BCUT2D eigenvalue weighted by atomic mass is 32.1. The maximum atomic E-state index is 13.4. The summed E-state index contributed by atoms with van der Waals surface area (Å²) in [4.78, 5) is 38.5. The average molecular weight is 524 g/mol. The lowest BCUT2D eigenvalue weighted by molar-refractivity contribution is -0.127. The van der Waals surface area contributed by atoms with Crippen molar-refractivity contribution in [3.63, 3.8) is 0 Å². The van der Waals surface area contributed by atoms with Crippen molar-refractivity contribution >= 4 is 45.1 Å². The van der Waals surface area contributed by atoms with Gasteiger partial charge in [0, 0.05) is 5.39 Å². The predicted octanol–water partition coefficient (Wildman–Crippen LogP) is 2.97. The number of aromatic nitrogens is 4. The van der Waals surface area contributed by atoms with Crippen molar-refractivity contribution in [2.45, 2.75) is 33.4 Å². The molecule has 37 heavy (non-hydrogen) atoms. The molecule has 0 fully saturated rings. The molecule has 2 heterocycles. The van der Waals surface area contributed by atoms with E-state index in [2.05, 4.69) is 31.2 Å². The lowest BCUT2D eigenvalue weighted by Crippen LogP contribution is -2.54. The molecule has 0 aliphatic rings. The van der Waals surface area contributed by atoms with Crippen molar-refractivity contribution in [1.82, 2.24) is 30.6 Å². The van der Waals surface area contributed by atoms with Crippen LogP contribution in [0.25, 0.3) is 10.9 Å². The minimum absolute atomic E-state index is 0.161. The summed E-state index contributed by atoms with van der Waals surface area (Å²) in [6, 6.07) is 12.4. The van der Waals surface area contributed by atoms with Gasteiger partial charge in [-0.3, -0.25) is 24.4 Å². The first-order valence-electron chi connectivity index (χ1n) is 11.5. The number of fused-ring (bicyclic) bond motifs is 1. The molecule has 0 bridgehead atoms. The van der Waals surface area contributed by atoms with Crippen LogP contribution < -0.4 is 16.0 Å². The van der Waals surface area contributed by atoms with Crippen LogP contribution in [0.3, 0.4) is 0 Å². The molecule has 4 aromatic rings. The average Bonchev–Trinajstić information content (AvgIpc) is 3.50. The Bertz CT molecular complexity index is 1410. The highest BCUT2D eigenvalue weighted by Crippen LogP contribution is 2.23. The highest BCUT2D eigenvalue weighted by molar-refractivity contribution is 7.13. The number of nitrogens with one attached hydrogen (secondary N) is 3.